The number of aliphatic carboxylic acids is 6. The molecule has 0 amide bonds. The molecule has 33 heavy (non-hydrogen) atoms. The fraction of sp³-hybridized carbons (Fsp3) is 0. The van der Waals surface area contributed by atoms with Crippen LogP contribution < -0.4 is 30.6 Å². The fourth-order valence-corrected chi connectivity index (χ4v) is 0. The molecule has 0 aliphatic carbocycles. The zero-order valence-corrected chi connectivity index (χ0v) is 26.6. The molecular weight excluding hydrogens is 626 g/mol. The molecule has 0 radical (unpaired) electrons. The first-order valence-corrected chi connectivity index (χ1v) is 6.63. The van der Waals surface area contributed by atoms with Crippen molar-refractivity contribution in [2.24, 2.45) is 0 Å². The summed E-state index contributed by atoms with van der Waals surface area (Å²) in [6.45, 7) is 17.4. The minimum atomic E-state index is -1.23. The van der Waals surface area contributed by atoms with E-state index in [1.165, 1.54) is 0 Å². The molecule has 0 aliphatic rings. The number of hydrogen-bond acceptors (Lipinski definition) is 12. The average molecular weight is 644 g/mol. The summed E-state index contributed by atoms with van der Waals surface area (Å²) in [7, 11) is 0. The zero-order chi connectivity index (χ0) is 25.7. The standard InChI is InChI=1S/6C3H4O2.Ba.2Ca/c6*1-2-3(4)5;;;/h6*2H,1H2,(H,4,5);;;/q;;;;;;3*+2/p-6. The molecule has 0 rings (SSSR count). The van der Waals surface area contributed by atoms with Gasteiger partial charge in [0.15, 0.2) is 0 Å². The van der Waals surface area contributed by atoms with Crippen molar-refractivity contribution in [2.75, 3.05) is 0 Å². The molecule has 0 bridgehead atoms. The summed E-state index contributed by atoms with van der Waals surface area (Å²) >= 11 is 0. The second kappa shape index (κ2) is 53.0. The third-order valence-electron chi connectivity index (χ3n) is 1.00. The quantitative estimate of drug-likeness (QED) is 0.194. The first kappa shape index (κ1) is 58.3. The maximum Gasteiger partial charge on any atom is 2.00 e. The van der Waals surface area contributed by atoms with Gasteiger partial charge in [-0.05, 0) is 36.5 Å². The van der Waals surface area contributed by atoms with Gasteiger partial charge in [0.05, 0.1) is 35.8 Å². The molecule has 0 spiro atoms. The van der Waals surface area contributed by atoms with Crippen molar-refractivity contribution >= 4 is 160 Å². The van der Waals surface area contributed by atoms with E-state index in [2.05, 4.69) is 39.5 Å². The van der Waals surface area contributed by atoms with Crippen LogP contribution in [0.2, 0.25) is 0 Å². The Morgan fingerprint density at radius 3 is 0.394 bits per heavy atom. The van der Waals surface area contributed by atoms with Crippen LogP contribution >= 0.6 is 0 Å². The van der Waals surface area contributed by atoms with Gasteiger partial charge in [0, 0.05) is 0 Å². The molecule has 0 heterocycles. The molecule has 15 heteroatoms. The van der Waals surface area contributed by atoms with Crippen molar-refractivity contribution in [1.29, 1.82) is 0 Å². The van der Waals surface area contributed by atoms with Crippen LogP contribution in [0.25, 0.3) is 0 Å². The molecule has 0 atom stereocenters. The van der Waals surface area contributed by atoms with Gasteiger partial charge >= 0.3 is 124 Å². The second-order valence-electron chi connectivity index (χ2n) is 3.14. The van der Waals surface area contributed by atoms with Gasteiger partial charge in [0.25, 0.3) is 0 Å². The van der Waals surface area contributed by atoms with E-state index in [0.29, 0.717) is 0 Å². The van der Waals surface area contributed by atoms with E-state index in [1.807, 2.05) is 0 Å². The molecule has 0 unspecified atom stereocenters. The van der Waals surface area contributed by atoms with Crippen LogP contribution in [0, 0.1) is 0 Å². The summed E-state index contributed by atoms with van der Waals surface area (Å²) in [6.07, 6.45) is 4.33. The minimum Gasteiger partial charge on any atom is -0.545 e. The first-order chi connectivity index (χ1) is 13.6. The van der Waals surface area contributed by atoms with Gasteiger partial charge in [-0.3, -0.25) is 0 Å². The Balaban J connectivity index is -0.0000000294. The third kappa shape index (κ3) is 210. The summed E-state index contributed by atoms with van der Waals surface area (Å²) < 4.78 is 0. The molecule has 0 saturated heterocycles. The maximum absolute atomic E-state index is 9.14. The van der Waals surface area contributed by atoms with E-state index in [1.54, 1.807) is 0 Å². The Bertz CT molecular complexity index is 492. The predicted molar refractivity (Wildman–Crippen MR) is 108 cm³/mol. The van der Waals surface area contributed by atoms with Crippen molar-refractivity contribution in [3.8, 4) is 0 Å². The van der Waals surface area contributed by atoms with E-state index >= 15 is 0 Å². The van der Waals surface area contributed by atoms with Crippen molar-refractivity contribution in [1.82, 2.24) is 0 Å². The molecule has 168 valence electrons. The summed E-state index contributed by atoms with van der Waals surface area (Å²) in [5.74, 6) is -7.39. The van der Waals surface area contributed by atoms with E-state index in [4.69, 9.17) is 59.4 Å². The summed E-state index contributed by atoms with van der Waals surface area (Å²) in [6, 6.07) is 0. The summed E-state index contributed by atoms with van der Waals surface area (Å²) in [4.78, 5) is 54.8. The normalized spacial score (nSPS) is 5.82. The molecule has 0 N–H and O–H groups in total. The Morgan fingerprint density at radius 1 is 0.364 bits per heavy atom. The first-order valence-electron chi connectivity index (χ1n) is 6.63. The van der Waals surface area contributed by atoms with Crippen molar-refractivity contribution in [3.63, 3.8) is 0 Å². The molecule has 0 fully saturated rings. The van der Waals surface area contributed by atoms with Gasteiger partial charge in [-0.25, -0.2) is 0 Å². The van der Waals surface area contributed by atoms with Gasteiger partial charge in [0.2, 0.25) is 0 Å². The second-order valence-corrected chi connectivity index (χ2v) is 3.14. The number of carboxylic acids is 6. The van der Waals surface area contributed by atoms with Gasteiger partial charge in [-0.2, -0.15) is 0 Å². The number of hydrogen-bond donors (Lipinski definition) is 0. The maximum atomic E-state index is 9.14. The Labute approximate surface area is 290 Å². The molecular formula is C18H18BaCa2O12. The van der Waals surface area contributed by atoms with Crippen LogP contribution in [0.5, 0.6) is 0 Å². The minimum absolute atomic E-state index is 0. The third-order valence-corrected chi connectivity index (χ3v) is 1.00. The molecule has 0 aromatic heterocycles. The Morgan fingerprint density at radius 2 is 0.394 bits per heavy atom. The van der Waals surface area contributed by atoms with Gasteiger partial charge in [-0.1, -0.05) is 39.5 Å². The van der Waals surface area contributed by atoms with Gasteiger partial charge in [-0.15, -0.1) is 0 Å². The smallest absolute Gasteiger partial charge is 0.545 e. The summed E-state index contributed by atoms with van der Waals surface area (Å²) in [5.41, 5.74) is 0. The van der Waals surface area contributed by atoms with Crippen LogP contribution in [-0.4, -0.2) is 160 Å². The Hall–Kier alpha value is -0.649. The largest absolute Gasteiger partial charge is 2.00 e. The number of carboxylic acid groups (broad SMARTS) is 6. The van der Waals surface area contributed by atoms with Crippen LogP contribution in [0.15, 0.2) is 75.9 Å². The molecule has 0 aromatic rings. The van der Waals surface area contributed by atoms with Crippen molar-refractivity contribution < 1.29 is 59.4 Å². The molecule has 0 saturated carbocycles. The van der Waals surface area contributed by atoms with E-state index in [9.17, 15) is 0 Å². The van der Waals surface area contributed by atoms with Crippen molar-refractivity contribution in [2.45, 2.75) is 0 Å². The topological polar surface area (TPSA) is 241 Å². The van der Waals surface area contributed by atoms with E-state index in [0.717, 1.165) is 36.5 Å². The number of carbonyl (C=O) groups excluding carboxylic acids is 6. The van der Waals surface area contributed by atoms with Crippen LogP contribution in [0.3, 0.4) is 0 Å². The zero-order valence-electron chi connectivity index (χ0n) is 17.7. The number of rotatable bonds is 6. The predicted octanol–water partition coefficient (Wildman–Crippen LogP) is -7.61. The number of carbonyl (C=O) groups is 6. The van der Waals surface area contributed by atoms with Crippen molar-refractivity contribution in [3.05, 3.63) is 75.9 Å². The summed E-state index contributed by atoms with van der Waals surface area (Å²) in [5, 5.41) is 54.8. The monoisotopic (exact) mass is 644 g/mol. The van der Waals surface area contributed by atoms with E-state index < -0.39 is 35.8 Å². The van der Waals surface area contributed by atoms with Gasteiger partial charge < -0.3 is 59.4 Å². The average Bonchev–Trinajstić information content (AvgIpc) is 2.69. The van der Waals surface area contributed by atoms with Gasteiger partial charge in [0.1, 0.15) is 0 Å². The molecule has 12 nitrogen and oxygen atoms in total. The van der Waals surface area contributed by atoms with Crippen LogP contribution in [0.4, 0.5) is 0 Å². The molecule has 0 aromatic carbocycles. The Kier molecular flexibility index (Phi) is 93.6. The van der Waals surface area contributed by atoms with Crippen LogP contribution in [-0.2, 0) is 28.8 Å². The van der Waals surface area contributed by atoms with Crippen LogP contribution in [0.1, 0.15) is 0 Å². The van der Waals surface area contributed by atoms with E-state index in [-0.39, 0.29) is 124 Å². The fourth-order valence-electron chi connectivity index (χ4n) is 0. The SMILES string of the molecule is C=CC(=O)[O-].C=CC(=O)[O-].C=CC(=O)[O-].C=CC(=O)[O-].C=CC(=O)[O-].C=CC(=O)[O-].[Ba+2].[Ca+2].[Ca+2]. The molecule has 0 aliphatic heterocycles.